The summed E-state index contributed by atoms with van der Waals surface area (Å²) in [4.78, 5) is 21.9. The van der Waals surface area contributed by atoms with Gasteiger partial charge in [0, 0.05) is 12.4 Å². The molecule has 2 rings (SSSR count). The third-order valence-electron chi connectivity index (χ3n) is 2.30. The highest BCUT2D eigenvalue weighted by molar-refractivity contribution is 8.15. The molecule has 0 unspecified atom stereocenters. The van der Waals surface area contributed by atoms with Gasteiger partial charge < -0.3 is 19.6 Å². The van der Waals surface area contributed by atoms with E-state index >= 15 is 0 Å². The number of rotatable bonds is 4. The number of aliphatic carboxylic acids is 1. The molecule has 0 aliphatic carbocycles. The van der Waals surface area contributed by atoms with Gasteiger partial charge in [0.2, 0.25) is 5.91 Å². The van der Waals surface area contributed by atoms with E-state index < -0.39 is 17.1 Å². The summed E-state index contributed by atoms with van der Waals surface area (Å²) >= 11 is 1.02. The van der Waals surface area contributed by atoms with Crippen LogP contribution in [0.25, 0.3) is 0 Å². The lowest BCUT2D eigenvalue weighted by atomic mass is 10.3. The lowest BCUT2D eigenvalue weighted by Gasteiger charge is -2.04. The molecule has 1 saturated heterocycles. The Labute approximate surface area is 112 Å². The van der Waals surface area contributed by atoms with Gasteiger partial charge in [-0.05, 0) is 19.1 Å². The average Bonchev–Trinajstić information content (AvgIpc) is 2.96. The molecule has 8 heteroatoms. The van der Waals surface area contributed by atoms with Crippen LogP contribution < -0.4 is 10.4 Å². The van der Waals surface area contributed by atoms with Crippen molar-refractivity contribution in [2.45, 2.75) is 18.6 Å². The highest BCUT2D eigenvalue weighted by Crippen LogP contribution is 2.22. The van der Waals surface area contributed by atoms with Crippen molar-refractivity contribution in [1.29, 1.82) is 0 Å². The zero-order chi connectivity index (χ0) is 13.8. The second-order valence-electron chi connectivity index (χ2n) is 3.74. The quantitative estimate of drug-likeness (QED) is 0.603. The molecule has 1 amide bonds. The number of nitrogens with one attached hydrogen (secondary N) is 1. The van der Waals surface area contributed by atoms with Gasteiger partial charge in [-0.1, -0.05) is 11.8 Å². The summed E-state index contributed by atoms with van der Waals surface area (Å²) in [6, 6.07) is 3.46. The Hall–Kier alpha value is -2.09. The number of thioether (sulfide) groups is 1. The van der Waals surface area contributed by atoms with Crippen molar-refractivity contribution < 1.29 is 19.1 Å². The molecule has 0 aromatic carbocycles. The van der Waals surface area contributed by atoms with Crippen LogP contribution in [0.3, 0.4) is 0 Å². The maximum Gasteiger partial charge on any atom is 0.239 e. The fraction of sp³-hybridized carbons (Fsp3) is 0.273. The van der Waals surface area contributed by atoms with E-state index in [1.807, 2.05) is 0 Å². The standard InChI is InChI=1S/C11H11N3O4S/c1-6(7-3-2-4-18-7)13-14-11-12-10(17)8(19-11)5-9(15)16/h2-4,8H,5H2,1H3,(H,15,16)(H,12,14,17)/p-1/b13-6-/t8-/m1/s1. The number of amides is 1. The molecule has 19 heavy (non-hydrogen) atoms. The smallest absolute Gasteiger partial charge is 0.239 e. The van der Waals surface area contributed by atoms with E-state index in [1.54, 1.807) is 19.1 Å². The van der Waals surface area contributed by atoms with Crippen molar-refractivity contribution in [3.63, 3.8) is 0 Å². The molecule has 1 aromatic heterocycles. The first-order valence-electron chi connectivity index (χ1n) is 5.40. The van der Waals surface area contributed by atoms with E-state index in [2.05, 4.69) is 15.5 Å². The van der Waals surface area contributed by atoms with Gasteiger partial charge in [0.25, 0.3) is 0 Å². The number of furan rings is 1. The molecule has 1 aliphatic heterocycles. The summed E-state index contributed by atoms with van der Waals surface area (Å²) < 4.78 is 5.13. The zero-order valence-corrected chi connectivity index (χ0v) is 10.8. The molecular weight excluding hydrogens is 270 g/mol. The largest absolute Gasteiger partial charge is 0.550 e. The summed E-state index contributed by atoms with van der Waals surface area (Å²) in [6.45, 7) is 1.71. The number of carboxylic acid groups (broad SMARTS) is 1. The van der Waals surface area contributed by atoms with E-state index in [0.29, 0.717) is 11.5 Å². The predicted octanol–water partition coefficient (Wildman–Crippen LogP) is -0.269. The van der Waals surface area contributed by atoms with Crippen LogP contribution in [0, 0.1) is 0 Å². The first kappa shape index (κ1) is 13.3. The highest BCUT2D eigenvalue weighted by atomic mass is 32.2. The number of carbonyl (C=O) groups is 2. The molecule has 1 aliphatic rings. The number of amidine groups is 1. The fourth-order valence-electron chi connectivity index (χ4n) is 1.39. The monoisotopic (exact) mass is 280 g/mol. The topological polar surface area (TPSA) is 107 Å². The first-order valence-corrected chi connectivity index (χ1v) is 6.27. The molecule has 0 radical (unpaired) electrons. The first-order chi connectivity index (χ1) is 9.06. The Bertz CT molecular complexity index is 550. The SMILES string of the molecule is C/C(=N/N=C1/NC(=O)[C@@H](CC(=O)[O-])S1)c1ccco1. The van der Waals surface area contributed by atoms with E-state index in [4.69, 9.17) is 4.42 Å². The Kier molecular flexibility index (Phi) is 4.00. The Morgan fingerprint density at radius 1 is 1.63 bits per heavy atom. The number of carboxylic acids is 1. The van der Waals surface area contributed by atoms with Crippen molar-refractivity contribution in [1.82, 2.24) is 5.32 Å². The fourth-order valence-corrected chi connectivity index (χ4v) is 2.29. The molecule has 7 nitrogen and oxygen atoms in total. The predicted molar refractivity (Wildman–Crippen MR) is 67.5 cm³/mol. The van der Waals surface area contributed by atoms with E-state index in [9.17, 15) is 14.7 Å². The second kappa shape index (κ2) is 5.70. The lowest BCUT2D eigenvalue weighted by Crippen LogP contribution is -2.31. The third-order valence-corrected chi connectivity index (χ3v) is 3.37. The van der Waals surface area contributed by atoms with Gasteiger partial charge in [-0.15, -0.1) is 10.2 Å². The van der Waals surface area contributed by atoms with Crippen molar-refractivity contribution in [2.24, 2.45) is 10.2 Å². The number of hydrogen-bond donors (Lipinski definition) is 1. The van der Waals surface area contributed by atoms with Gasteiger partial charge in [-0.25, -0.2) is 0 Å². The van der Waals surface area contributed by atoms with Gasteiger partial charge in [0.1, 0.15) is 11.5 Å². The summed E-state index contributed by atoms with van der Waals surface area (Å²) in [5.74, 6) is -1.10. The van der Waals surface area contributed by atoms with Gasteiger partial charge in [0.05, 0.1) is 11.5 Å². The summed E-state index contributed by atoms with van der Waals surface area (Å²) in [7, 11) is 0. The molecule has 1 N–H and O–H groups in total. The van der Waals surface area contributed by atoms with Crippen molar-refractivity contribution in [3.05, 3.63) is 24.2 Å². The van der Waals surface area contributed by atoms with Crippen LogP contribution in [-0.2, 0) is 9.59 Å². The van der Waals surface area contributed by atoms with Crippen molar-refractivity contribution >= 4 is 34.5 Å². The number of carbonyl (C=O) groups excluding carboxylic acids is 2. The van der Waals surface area contributed by atoms with Crippen LogP contribution in [0.15, 0.2) is 33.0 Å². The van der Waals surface area contributed by atoms with Gasteiger partial charge in [-0.3, -0.25) is 4.79 Å². The van der Waals surface area contributed by atoms with Gasteiger partial charge in [-0.2, -0.15) is 0 Å². The normalized spacial score (nSPS) is 21.7. The number of hydrogen-bond acceptors (Lipinski definition) is 7. The molecular formula is C11H10N3O4S-. The van der Waals surface area contributed by atoms with Crippen LogP contribution in [0.1, 0.15) is 19.1 Å². The zero-order valence-electron chi connectivity index (χ0n) is 9.95. The minimum Gasteiger partial charge on any atom is -0.550 e. The second-order valence-corrected chi connectivity index (χ2v) is 4.93. The van der Waals surface area contributed by atoms with Crippen LogP contribution in [-0.4, -0.2) is 28.0 Å². The molecule has 1 atom stereocenters. The van der Waals surface area contributed by atoms with Crippen LogP contribution >= 0.6 is 11.8 Å². The Morgan fingerprint density at radius 3 is 3.05 bits per heavy atom. The van der Waals surface area contributed by atoms with Crippen molar-refractivity contribution in [3.8, 4) is 0 Å². The van der Waals surface area contributed by atoms with Gasteiger partial charge in [0.15, 0.2) is 5.17 Å². The minimum atomic E-state index is -1.27. The lowest BCUT2D eigenvalue weighted by molar-refractivity contribution is -0.305. The average molecular weight is 280 g/mol. The minimum absolute atomic E-state index is 0.266. The van der Waals surface area contributed by atoms with E-state index in [0.717, 1.165) is 11.8 Å². The highest BCUT2D eigenvalue weighted by Gasteiger charge is 2.30. The van der Waals surface area contributed by atoms with Crippen LogP contribution in [0.2, 0.25) is 0 Å². The molecule has 1 aromatic rings. The van der Waals surface area contributed by atoms with E-state index in [-0.39, 0.29) is 11.6 Å². The molecule has 0 spiro atoms. The summed E-state index contributed by atoms with van der Waals surface area (Å²) in [5.41, 5.74) is 0.552. The Morgan fingerprint density at radius 2 is 2.42 bits per heavy atom. The summed E-state index contributed by atoms with van der Waals surface area (Å²) in [5, 5.41) is 20.2. The van der Waals surface area contributed by atoms with Crippen LogP contribution in [0.5, 0.6) is 0 Å². The molecule has 100 valence electrons. The molecule has 2 heterocycles. The Balaban J connectivity index is 2.04. The van der Waals surface area contributed by atoms with E-state index in [1.165, 1.54) is 6.26 Å². The molecule has 0 bridgehead atoms. The maximum absolute atomic E-state index is 11.4. The van der Waals surface area contributed by atoms with Crippen molar-refractivity contribution in [2.75, 3.05) is 0 Å². The molecule has 1 fully saturated rings. The molecule has 0 saturated carbocycles. The maximum atomic E-state index is 11.4. The van der Waals surface area contributed by atoms with Crippen LogP contribution in [0.4, 0.5) is 0 Å². The number of nitrogens with zero attached hydrogens (tertiary/aromatic N) is 2. The third kappa shape index (κ3) is 3.44. The van der Waals surface area contributed by atoms with Gasteiger partial charge >= 0.3 is 0 Å². The summed E-state index contributed by atoms with van der Waals surface area (Å²) in [6.07, 6.45) is 1.17.